The molecule has 0 N–H and O–H groups in total. The van der Waals surface area contributed by atoms with Crippen molar-refractivity contribution >= 4 is 0 Å². The molecule has 0 nitrogen and oxygen atoms in total. The Morgan fingerprint density at radius 1 is 0.762 bits per heavy atom. The van der Waals surface area contributed by atoms with Crippen LogP contribution in [-0.2, 0) is 0 Å². The quantitative estimate of drug-likeness (QED) is 0.446. The molecule has 2 saturated carbocycles. The molecule has 0 unspecified atom stereocenters. The van der Waals surface area contributed by atoms with Crippen LogP contribution in [0.3, 0.4) is 0 Å². The van der Waals surface area contributed by atoms with Crippen molar-refractivity contribution in [1.29, 1.82) is 0 Å². The average molecular weight is 289 g/mol. The van der Waals surface area contributed by atoms with Gasteiger partial charge in [0.05, 0.1) is 0 Å². The van der Waals surface area contributed by atoms with E-state index < -0.39 is 0 Å². The molecule has 0 aromatic rings. The SMILES string of the molecule is C=CCCC1CCC(C2CCC(CC/C=C/C)CC2)CC1. The summed E-state index contributed by atoms with van der Waals surface area (Å²) in [6, 6.07) is 0. The fraction of sp³-hybridized carbons (Fsp3) is 0.810. The summed E-state index contributed by atoms with van der Waals surface area (Å²) in [7, 11) is 0. The van der Waals surface area contributed by atoms with E-state index in [9.17, 15) is 0 Å². The lowest BCUT2D eigenvalue weighted by Crippen LogP contribution is -2.25. The molecule has 0 spiro atoms. The zero-order valence-electron chi connectivity index (χ0n) is 14.2. The molecule has 2 aliphatic carbocycles. The average Bonchev–Trinajstić information content (AvgIpc) is 2.54. The van der Waals surface area contributed by atoms with Crippen molar-refractivity contribution < 1.29 is 0 Å². The predicted molar refractivity (Wildman–Crippen MR) is 94.4 cm³/mol. The lowest BCUT2D eigenvalue weighted by molar-refractivity contribution is 0.142. The third-order valence-corrected chi connectivity index (χ3v) is 6.21. The minimum atomic E-state index is 1.01. The second-order valence-corrected chi connectivity index (χ2v) is 7.57. The molecular weight excluding hydrogens is 252 g/mol. The van der Waals surface area contributed by atoms with E-state index >= 15 is 0 Å². The maximum atomic E-state index is 3.86. The zero-order valence-corrected chi connectivity index (χ0v) is 14.2. The van der Waals surface area contributed by atoms with Crippen LogP contribution in [0.25, 0.3) is 0 Å². The van der Waals surface area contributed by atoms with E-state index in [1.807, 2.05) is 0 Å². The molecule has 120 valence electrons. The Kier molecular flexibility index (Phi) is 7.61. The molecule has 2 fully saturated rings. The van der Waals surface area contributed by atoms with Crippen molar-refractivity contribution in [2.24, 2.45) is 23.7 Å². The Labute approximate surface area is 133 Å². The first-order valence-corrected chi connectivity index (χ1v) is 9.55. The van der Waals surface area contributed by atoms with Crippen molar-refractivity contribution in [1.82, 2.24) is 0 Å². The summed E-state index contributed by atoms with van der Waals surface area (Å²) in [5, 5.41) is 0. The number of hydrogen-bond acceptors (Lipinski definition) is 0. The van der Waals surface area contributed by atoms with Crippen LogP contribution in [0.4, 0.5) is 0 Å². The van der Waals surface area contributed by atoms with Crippen LogP contribution in [0.1, 0.15) is 84.0 Å². The van der Waals surface area contributed by atoms with E-state index in [0.29, 0.717) is 0 Å². The highest BCUT2D eigenvalue weighted by Gasteiger charge is 2.30. The van der Waals surface area contributed by atoms with Gasteiger partial charge in [-0.3, -0.25) is 0 Å². The molecule has 0 aromatic carbocycles. The summed E-state index contributed by atoms with van der Waals surface area (Å²) in [5.41, 5.74) is 0. The van der Waals surface area contributed by atoms with E-state index in [1.54, 1.807) is 0 Å². The van der Waals surface area contributed by atoms with Crippen molar-refractivity contribution in [3.8, 4) is 0 Å². The highest BCUT2D eigenvalue weighted by molar-refractivity contribution is 4.84. The molecule has 0 bridgehead atoms. The Hall–Kier alpha value is -0.520. The molecule has 0 amide bonds. The Bertz CT molecular complexity index is 298. The lowest BCUT2D eigenvalue weighted by Gasteiger charge is -2.38. The molecule has 0 radical (unpaired) electrons. The van der Waals surface area contributed by atoms with Gasteiger partial charge in [-0.2, -0.15) is 0 Å². The molecule has 0 aliphatic heterocycles. The number of rotatable bonds is 7. The maximum Gasteiger partial charge on any atom is -0.0348 e. The summed E-state index contributed by atoms with van der Waals surface area (Å²) in [6.07, 6.45) is 24.1. The van der Waals surface area contributed by atoms with Gasteiger partial charge in [0.2, 0.25) is 0 Å². The van der Waals surface area contributed by atoms with Gasteiger partial charge in [-0.25, -0.2) is 0 Å². The fourth-order valence-corrected chi connectivity index (χ4v) is 4.75. The van der Waals surface area contributed by atoms with Gasteiger partial charge in [-0.1, -0.05) is 43.9 Å². The summed E-state index contributed by atoms with van der Waals surface area (Å²) >= 11 is 0. The second kappa shape index (κ2) is 9.49. The first-order chi connectivity index (χ1) is 10.3. The molecular formula is C21H36. The van der Waals surface area contributed by atoms with Crippen molar-refractivity contribution in [3.05, 3.63) is 24.8 Å². The molecule has 0 heterocycles. The summed E-state index contributed by atoms with van der Waals surface area (Å²) in [6.45, 7) is 6.00. The Balaban J connectivity index is 1.63. The largest absolute Gasteiger partial charge is 0.103 e. The van der Waals surface area contributed by atoms with E-state index in [2.05, 4.69) is 31.7 Å². The van der Waals surface area contributed by atoms with Crippen LogP contribution < -0.4 is 0 Å². The second-order valence-electron chi connectivity index (χ2n) is 7.57. The molecule has 2 aliphatic rings. The number of hydrogen-bond donors (Lipinski definition) is 0. The van der Waals surface area contributed by atoms with E-state index in [4.69, 9.17) is 0 Å². The summed E-state index contributed by atoms with van der Waals surface area (Å²) in [5.74, 6) is 4.18. The van der Waals surface area contributed by atoms with Gasteiger partial charge in [-0.15, -0.1) is 6.58 Å². The van der Waals surface area contributed by atoms with E-state index in [-0.39, 0.29) is 0 Å². The van der Waals surface area contributed by atoms with Crippen LogP contribution in [0.15, 0.2) is 24.8 Å². The van der Waals surface area contributed by atoms with Crippen LogP contribution in [0, 0.1) is 23.7 Å². The standard InChI is InChI=1S/C21H36/c1-3-5-7-9-19-12-16-21(17-13-19)20-14-10-18(11-15-20)8-6-4-2/h3-5,18-21H,2,6-17H2,1H3/b5-3+. The summed E-state index contributed by atoms with van der Waals surface area (Å²) < 4.78 is 0. The first-order valence-electron chi connectivity index (χ1n) is 9.55. The maximum absolute atomic E-state index is 3.86. The van der Waals surface area contributed by atoms with Crippen LogP contribution in [0.5, 0.6) is 0 Å². The Morgan fingerprint density at radius 3 is 1.67 bits per heavy atom. The minimum Gasteiger partial charge on any atom is -0.103 e. The van der Waals surface area contributed by atoms with Gasteiger partial charge in [0.1, 0.15) is 0 Å². The van der Waals surface area contributed by atoms with Crippen LogP contribution in [0.2, 0.25) is 0 Å². The zero-order chi connectivity index (χ0) is 14.9. The monoisotopic (exact) mass is 288 g/mol. The van der Waals surface area contributed by atoms with Gasteiger partial charge in [-0.05, 0) is 82.0 Å². The van der Waals surface area contributed by atoms with E-state index in [0.717, 1.165) is 23.7 Å². The third-order valence-electron chi connectivity index (χ3n) is 6.21. The van der Waals surface area contributed by atoms with Crippen molar-refractivity contribution in [2.45, 2.75) is 84.0 Å². The van der Waals surface area contributed by atoms with E-state index in [1.165, 1.54) is 77.0 Å². The van der Waals surface area contributed by atoms with Gasteiger partial charge in [0.15, 0.2) is 0 Å². The van der Waals surface area contributed by atoms with Gasteiger partial charge in [0, 0.05) is 0 Å². The predicted octanol–water partition coefficient (Wildman–Crippen LogP) is 6.92. The molecule has 0 aromatic heterocycles. The number of allylic oxidation sites excluding steroid dienone is 3. The fourth-order valence-electron chi connectivity index (χ4n) is 4.75. The Morgan fingerprint density at radius 2 is 1.24 bits per heavy atom. The third kappa shape index (κ3) is 5.64. The highest BCUT2D eigenvalue weighted by atomic mass is 14.4. The van der Waals surface area contributed by atoms with Crippen LogP contribution in [-0.4, -0.2) is 0 Å². The summed E-state index contributed by atoms with van der Waals surface area (Å²) in [4.78, 5) is 0. The topological polar surface area (TPSA) is 0 Å². The molecule has 21 heavy (non-hydrogen) atoms. The van der Waals surface area contributed by atoms with Gasteiger partial charge in [0.25, 0.3) is 0 Å². The van der Waals surface area contributed by atoms with Crippen molar-refractivity contribution in [2.75, 3.05) is 0 Å². The molecule has 0 heteroatoms. The van der Waals surface area contributed by atoms with Gasteiger partial charge >= 0.3 is 0 Å². The van der Waals surface area contributed by atoms with Crippen LogP contribution >= 0.6 is 0 Å². The highest BCUT2D eigenvalue weighted by Crippen LogP contribution is 2.42. The minimum absolute atomic E-state index is 1.01. The molecule has 0 atom stereocenters. The normalized spacial score (nSPS) is 34.1. The lowest BCUT2D eigenvalue weighted by atomic mass is 9.68. The van der Waals surface area contributed by atoms with Crippen molar-refractivity contribution in [3.63, 3.8) is 0 Å². The van der Waals surface area contributed by atoms with Gasteiger partial charge < -0.3 is 0 Å². The molecule has 0 saturated heterocycles. The smallest absolute Gasteiger partial charge is 0.0348 e. The first kappa shape index (κ1) is 16.8. The molecule has 2 rings (SSSR count).